The Morgan fingerprint density at radius 1 is 0.462 bits per heavy atom. The number of amides is 6. The van der Waals surface area contributed by atoms with Gasteiger partial charge in [-0.15, -0.1) is 0 Å². The Balaban J connectivity index is 0.0000160. The number of hydrogen-bond acceptors (Lipinski definition) is 39. The second-order valence-corrected chi connectivity index (χ2v) is 41.1. The summed E-state index contributed by atoms with van der Waals surface area (Å²) in [5, 5.41) is 116. The van der Waals surface area contributed by atoms with Gasteiger partial charge >= 0.3 is 15.4 Å². The number of β-amino-alcohol motifs (C(OH)–C–C–N with tert-alkyl or cyclic N) is 1. The van der Waals surface area contributed by atoms with Crippen molar-refractivity contribution in [1.29, 1.82) is 0 Å². The van der Waals surface area contributed by atoms with Crippen LogP contribution in [0.15, 0.2) is 12.7 Å². The van der Waals surface area contributed by atoms with E-state index in [0.717, 1.165) is 6.66 Å². The number of aliphatic hydroxyl groups is 10. The average molecular weight is 2110 g/mol. The van der Waals surface area contributed by atoms with E-state index in [2.05, 4.69) is 41.5 Å². The van der Waals surface area contributed by atoms with Crippen LogP contribution >= 0.6 is 15.4 Å². The summed E-state index contributed by atoms with van der Waals surface area (Å²) < 4.78 is 96.9. The molecule has 2 aromatic heterocycles. The van der Waals surface area contributed by atoms with Gasteiger partial charge in [0.1, 0.15) is 120 Å². The van der Waals surface area contributed by atoms with E-state index in [0.29, 0.717) is 135 Å². The molecule has 5 aliphatic rings. The lowest BCUT2D eigenvalue weighted by Crippen LogP contribution is -2.64. The second kappa shape index (κ2) is 68.0. The van der Waals surface area contributed by atoms with Gasteiger partial charge in [0.2, 0.25) is 35.4 Å². The number of fused-ring (bicyclic) bond motifs is 1. The standard InChI is InChI=1S/C93H157N11O37P2.C2H6/c1-59(108)99-79-71(45-62(49-105)83(120)86(79)123)133-39-22-18-30-64(111)25-11-9-13-27-67(114)35-42-130-54-93(55-131-43-36-68(115)28-14-10-12-26-65(112)31-19-23-40-134-91-80(100-60(2)109)87(124)84(121)72(50-106)139-91,56-132-44-37-75(117)95-38-21-17-29-66(113)32-20-24-41-135-92-81(101-61(3)110)88(125)85(122)73(51-107)140-92)102-76(118)33-15-7-5-6-8-16-34-77(119)103-48-69(116)46-63(103)52-137-143(128,129)141-70-47-78(138-74(70)53-136-142(4,126)127)104-58-98-82-89(94)96-57-97-90(82)104;1-2/h57-58,62-63,69-74,78-81,83-88,91-92,105-107,116,120-125H,5-56H2,1-4H3,(H,95,117)(H,99,108)(H,100,109)(H,101,110)(H,102,118)(H,126,127)(H,128,129)(H2,94,96,97);1-2H3/t62?,63-,69+,70-,71+,72?,73?,74+,78+,79?,80?,81?,83-,84-,85-,86+,87+,88+,91+,92+,93?;/m0./s1. The molecule has 0 bridgehead atoms. The molecule has 2 aromatic rings. The van der Waals surface area contributed by atoms with Gasteiger partial charge < -0.3 is 145 Å². The molecule has 0 aromatic carbocycles. The number of aromatic nitrogens is 4. The van der Waals surface area contributed by atoms with Crippen molar-refractivity contribution in [3.8, 4) is 0 Å². The van der Waals surface area contributed by atoms with Crippen LogP contribution in [-0.2, 0) is 118 Å². The molecule has 145 heavy (non-hydrogen) atoms. The van der Waals surface area contributed by atoms with Crippen molar-refractivity contribution in [3.05, 3.63) is 12.7 Å². The first-order valence-corrected chi connectivity index (χ1v) is 54.7. The number of carbonyl (C=O) groups is 11. The third-order valence-corrected chi connectivity index (χ3v) is 27.2. The summed E-state index contributed by atoms with van der Waals surface area (Å²) in [6.07, 6.45) is -3.17. The largest absolute Gasteiger partial charge is 0.472 e. The molecular weight excluding hydrogens is 1950 g/mol. The van der Waals surface area contributed by atoms with E-state index in [1.165, 1.54) is 42.9 Å². The molecule has 1 saturated carbocycles. The number of nitrogen functional groups attached to an aromatic ring is 1. The molecule has 6 heterocycles. The Kier molecular flexibility index (Phi) is 59.4. The highest BCUT2D eigenvalue weighted by Crippen LogP contribution is 2.50. The van der Waals surface area contributed by atoms with E-state index in [1.54, 1.807) is 0 Å². The maximum absolute atomic E-state index is 14.3. The van der Waals surface area contributed by atoms with Crippen LogP contribution in [0, 0.1) is 5.92 Å². The molecule has 4 saturated heterocycles. The van der Waals surface area contributed by atoms with E-state index in [9.17, 15) is 123 Å². The van der Waals surface area contributed by atoms with Crippen LogP contribution in [-0.4, -0.2) is 377 Å². The van der Waals surface area contributed by atoms with Crippen LogP contribution in [0.25, 0.3) is 11.2 Å². The van der Waals surface area contributed by atoms with Crippen molar-refractivity contribution in [1.82, 2.24) is 51.0 Å². The van der Waals surface area contributed by atoms with E-state index < -0.39 is 193 Å². The Morgan fingerprint density at radius 3 is 1.39 bits per heavy atom. The molecule has 23 atom stereocenters. The van der Waals surface area contributed by atoms with Crippen LogP contribution in [0.5, 0.6) is 0 Å². The van der Waals surface area contributed by atoms with Crippen molar-refractivity contribution in [2.45, 2.75) is 388 Å². The molecule has 7 rings (SSSR count). The highest BCUT2D eigenvalue weighted by Gasteiger charge is 2.50. The number of Topliss-reactive ketones (excluding diaryl/α,β-unsaturated/α-hetero) is 5. The summed E-state index contributed by atoms with van der Waals surface area (Å²) in [7, 11) is -9.02. The fourth-order valence-corrected chi connectivity index (χ4v) is 19.1. The number of hydrogen-bond donors (Lipinski definition) is 18. The highest BCUT2D eigenvalue weighted by atomic mass is 31.2. The molecular formula is C95H163N11O37P2. The molecule has 19 N–H and O–H groups in total. The number of phosphoric acid groups is 1. The predicted molar refractivity (Wildman–Crippen MR) is 519 cm³/mol. The number of phosphoric ester groups is 1. The van der Waals surface area contributed by atoms with Gasteiger partial charge in [0.25, 0.3) is 0 Å². The normalized spacial score (nSPS) is 26.0. The van der Waals surface area contributed by atoms with E-state index in [-0.39, 0.29) is 233 Å². The first kappa shape index (κ1) is 127. The number of ether oxygens (including phenoxy) is 9. The summed E-state index contributed by atoms with van der Waals surface area (Å²) in [5.41, 5.74) is 5.06. The molecule has 830 valence electrons. The molecule has 0 spiro atoms. The molecule has 1 aliphatic carbocycles. The van der Waals surface area contributed by atoms with Gasteiger partial charge in [0.05, 0.1) is 103 Å². The number of unbranched alkanes of at least 4 members (excludes halogenated alkanes) is 13. The minimum absolute atomic E-state index is 0.00316. The van der Waals surface area contributed by atoms with Crippen LogP contribution in [0.1, 0.15) is 272 Å². The molecule has 48 nitrogen and oxygen atoms in total. The van der Waals surface area contributed by atoms with Gasteiger partial charge in [-0.2, -0.15) is 0 Å². The van der Waals surface area contributed by atoms with Gasteiger partial charge in [0.15, 0.2) is 24.0 Å². The number of imidazole rings is 1. The van der Waals surface area contributed by atoms with Crippen molar-refractivity contribution in [2.24, 2.45) is 5.92 Å². The van der Waals surface area contributed by atoms with Crippen molar-refractivity contribution >= 4 is 96.8 Å². The van der Waals surface area contributed by atoms with E-state index in [1.807, 2.05) is 13.8 Å². The number of nitrogens with two attached hydrogens (primary N) is 1. The Morgan fingerprint density at radius 2 is 0.903 bits per heavy atom. The number of aliphatic hydroxyl groups excluding tert-OH is 10. The SMILES string of the molecule is CC.CC(=O)NC1[C@H](OCCCCC(=O)CCCCCC(=O)CCOCC(COCCC(=O)CCCCCC(=O)CCCCO[C@@H]2CC(CO)[C@H](O)[C@H](O)C2NC(C)=O)(COCCC(=O)NCCCCC(=O)CCCCO[C@@H]2OC(CO)[C@H](O)[C@H](O)C2NC(C)=O)NC(=O)CCCCCCCCC(=O)N2C[C@H](O)C[C@H]2COP(=O)(O)O[C@H]2C[C@H](n3cnc4c(N)ncnc43)O[C@@H]2COP(C)(=O)O)OC(CO)[C@H](O)[C@@H]1O. The maximum atomic E-state index is 14.3. The first-order chi connectivity index (χ1) is 69.2. The summed E-state index contributed by atoms with van der Waals surface area (Å²) >= 11 is 0. The van der Waals surface area contributed by atoms with Gasteiger partial charge in [0, 0.05) is 163 Å². The molecule has 6 amide bonds. The van der Waals surface area contributed by atoms with E-state index in [4.69, 9.17) is 61.9 Å². The van der Waals surface area contributed by atoms with Crippen LogP contribution in [0.2, 0.25) is 0 Å². The number of rotatable bonds is 75. The molecule has 9 unspecified atom stereocenters. The topological polar surface area (TPSA) is 708 Å². The zero-order valence-electron chi connectivity index (χ0n) is 84.8. The highest BCUT2D eigenvalue weighted by molar-refractivity contribution is 7.51. The summed E-state index contributed by atoms with van der Waals surface area (Å²) in [6, 6.07) is -3.90. The number of likely N-dealkylation sites (tertiary alicyclic amines) is 1. The first-order valence-electron chi connectivity index (χ1n) is 51.2. The molecule has 5 fully saturated rings. The maximum Gasteiger partial charge on any atom is 0.472 e. The number of anilines is 1. The lowest BCUT2D eigenvalue weighted by atomic mass is 9.79. The number of nitrogens with zero attached hydrogens (tertiary/aromatic N) is 5. The lowest BCUT2D eigenvalue weighted by Gasteiger charge is -2.42. The third kappa shape index (κ3) is 46.8. The minimum atomic E-state index is -4.97. The zero-order chi connectivity index (χ0) is 107. The Labute approximate surface area is 847 Å². The minimum Gasteiger partial charge on any atom is -0.396 e. The van der Waals surface area contributed by atoms with Crippen LogP contribution in [0.3, 0.4) is 0 Å². The molecule has 4 aliphatic heterocycles. The average Bonchev–Trinajstić information content (AvgIpc) is 1.58. The number of ketones is 5. The fourth-order valence-electron chi connectivity index (χ4n) is 17.7. The Bertz CT molecular complexity index is 4070. The monoisotopic (exact) mass is 2110 g/mol. The van der Waals surface area contributed by atoms with Crippen molar-refractivity contribution in [2.75, 3.05) is 118 Å². The third-order valence-electron chi connectivity index (χ3n) is 25.6. The quantitative estimate of drug-likeness (QED) is 0.0334. The second-order valence-electron chi connectivity index (χ2n) is 37.8. The van der Waals surface area contributed by atoms with Crippen LogP contribution in [0.4, 0.5) is 5.82 Å². The van der Waals surface area contributed by atoms with Gasteiger partial charge in [-0.3, -0.25) is 70.9 Å². The smallest absolute Gasteiger partial charge is 0.396 e. The summed E-state index contributed by atoms with van der Waals surface area (Å²) in [6.45, 7) is 5.57. The fraction of sp³-hybridized carbons (Fsp3) is 0.832. The summed E-state index contributed by atoms with van der Waals surface area (Å²) in [5.74, 6) is -3.33. The zero-order valence-corrected chi connectivity index (χ0v) is 86.5. The van der Waals surface area contributed by atoms with Gasteiger partial charge in [-0.05, 0) is 103 Å². The van der Waals surface area contributed by atoms with Gasteiger partial charge in [-0.25, -0.2) is 19.5 Å². The molecule has 50 heteroatoms. The van der Waals surface area contributed by atoms with Crippen molar-refractivity contribution in [3.63, 3.8) is 0 Å². The Hall–Kier alpha value is -6.98. The molecule has 0 radical (unpaired) electrons. The predicted octanol–water partition coefficient (Wildman–Crippen LogP) is 2.30. The van der Waals surface area contributed by atoms with Crippen molar-refractivity contribution < 1.29 is 179 Å². The van der Waals surface area contributed by atoms with Crippen LogP contribution < -0.4 is 32.3 Å². The number of nitrogens with one attached hydrogen (secondary N) is 5. The summed E-state index contributed by atoms with van der Waals surface area (Å²) in [4.78, 5) is 177. The van der Waals surface area contributed by atoms with E-state index >= 15 is 0 Å². The lowest BCUT2D eigenvalue weighted by molar-refractivity contribution is -0.270. The number of carbonyl (C=O) groups excluding carboxylic acids is 11. The van der Waals surface area contributed by atoms with Gasteiger partial charge in [-0.1, -0.05) is 52.4 Å².